The minimum Gasteiger partial charge on any atom is -2.00 e. The Labute approximate surface area is 73.9 Å². The maximum Gasteiger partial charge on any atom is 3.00 e. The van der Waals surface area contributed by atoms with Gasteiger partial charge in [-0.25, -0.2) is 0 Å². The van der Waals surface area contributed by atoms with Crippen LogP contribution >= 0.6 is 0 Å². The van der Waals surface area contributed by atoms with Crippen molar-refractivity contribution in [2.24, 2.45) is 0 Å². The van der Waals surface area contributed by atoms with Crippen LogP contribution in [0.25, 0.3) is 0 Å². The Balaban J connectivity index is 0. The van der Waals surface area contributed by atoms with Gasteiger partial charge in [-0.15, -0.1) is 0 Å². The maximum atomic E-state index is 0. The third-order valence-electron chi connectivity index (χ3n) is 0. The molecule has 0 fully saturated rings. The van der Waals surface area contributed by atoms with Gasteiger partial charge in [0.15, 0.2) is 0 Å². The van der Waals surface area contributed by atoms with Crippen molar-refractivity contribution in [1.82, 2.24) is 0 Å². The molecule has 0 saturated carbocycles. The molecule has 21 valence electrons. The molecule has 0 N–H and O–H groups in total. The van der Waals surface area contributed by atoms with Crippen LogP contribution in [0.4, 0.5) is 0 Å². The van der Waals surface area contributed by atoms with E-state index in [2.05, 4.69) is 0 Å². The number of rotatable bonds is 0. The molecule has 4 heavy (non-hydrogen) atoms. The van der Waals surface area contributed by atoms with Crippen molar-refractivity contribution in [2.75, 3.05) is 0 Å². The fourth-order valence-corrected chi connectivity index (χ4v) is 0. The van der Waals surface area contributed by atoms with Gasteiger partial charge in [0, 0.05) is 0 Å². The van der Waals surface area contributed by atoms with E-state index in [1.807, 2.05) is 0 Å². The van der Waals surface area contributed by atoms with Crippen molar-refractivity contribution >= 4 is 0 Å². The van der Waals surface area contributed by atoms with E-state index in [4.69, 9.17) is 0 Å². The van der Waals surface area contributed by atoms with Gasteiger partial charge in [0.25, 0.3) is 0 Å². The Kier molecular flexibility index (Phi) is 166. The molecule has 0 amide bonds. The third kappa shape index (κ3) is 8.89. The molecule has 0 spiro atoms. The van der Waals surface area contributed by atoms with Gasteiger partial charge in [0.2, 0.25) is 0 Å². The van der Waals surface area contributed by atoms with E-state index < -0.39 is 0 Å². The molecule has 0 bridgehead atoms. The molecule has 0 aromatic carbocycles. The summed E-state index contributed by atoms with van der Waals surface area (Å²) in [6.07, 6.45) is 0. The number of hydrogen-bond acceptors (Lipinski definition) is 0. The van der Waals surface area contributed by atoms with Gasteiger partial charge in [-0.1, -0.05) is 0 Å². The molecule has 0 unspecified atom stereocenters. The summed E-state index contributed by atoms with van der Waals surface area (Å²) >= 11 is 0. The van der Waals surface area contributed by atoms with Crippen LogP contribution in [0, 0.1) is 35.6 Å². The molecule has 0 aromatic rings. The zero-order chi connectivity index (χ0) is 0. The predicted molar refractivity (Wildman–Crippen MR) is 0.686 cm³/mol. The first-order valence-electron chi connectivity index (χ1n) is 0. The van der Waals surface area contributed by atoms with Crippen LogP contribution < -0.4 is 0 Å². The Bertz CT molecular complexity index is 8.00. The van der Waals surface area contributed by atoms with Crippen LogP contribution in [0.5, 0.6) is 0 Å². The van der Waals surface area contributed by atoms with Crippen molar-refractivity contribution in [3.63, 3.8) is 0 Å². The molecule has 4 heteroatoms. The summed E-state index contributed by atoms with van der Waals surface area (Å²) in [5.41, 5.74) is 0. The standard InChI is InChI=1S/Co.Fe.La.O/q2*+2;+3;-2. The first-order chi connectivity index (χ1) is 0. The van der Waals surface area contributed by atoms with E-state index >= 15 is 0 Å². The second-order valence-corrected chi connectivity index (χ2v) is 0. The van der Waals surface area contributed by atoms with E-state index in [9.17, 15) is 0 Å². The topological polar surface area (TPSA) is 28.5 Å². The van der Waals surface area contributed by atoms with E-state index in [-0.39, 0.29) is 74.9 Å². The minimum atomic E-state index is 0. The van der Waals surface area contributed by atoms with Gasteiger partial charge >= 0.3 is 69.4 Å². The summed E-state index contributed by atoms with van der Waals surface area (Å²) in [6, 6.07) is 0. The van der Waals surface area contributed by atoms with E-state index in [1.54, 1.807) is 0 Å². The summed E-state index contributed by atoms with van der Waals surface area (Å²) in [4.78, 5) is 0. The second-order valence-electron chi connectivity index (χ2n) is 0. The molecule has 0 atom stereocenters. The van der Waals surface area contributed by atoms with E-state index in [0.29, 0.717) is 0 Å². The molecule has 0 saturated heterocycles. The van der Waals surface area contributed by atoms with Gasteiger partial charge in [0.05, 0.1) is 0 Å². The van der Waals surface area contributed by atoms with Gasteiger partial charge in [-0.2, -0.15) is 0 Å². The molecule has 1 nitrogen and oxygen atoms in total. The van der Waals surface area contributed by atoms with Gasteiger partial charge in [0.1, 0.15) is 0 Å². The molecule has 0 aliphatic rings. The monoisotopic (exact) mass is 270 g/mol. The first-order valence-corrected chi connectivity index (χ1v) is 0. The summed E-state index contributed by atoms with van der Waals surface area (Å²) < 4.78 is 0. The predicted octanol–water partition coefficient (Wildman–Crippen LogP) is -0.124. The zero-order valence-corrected chi connectivity index (χ0v) is 7.44. The number of hydrogen-bond donors (Lipinski definition) is 0. The SMILES string of the molecule is [Co+2].[Fe+2].[La+3].[O-2]. The van der Waals surface area contributed by atoms with Crippen molar-refractivity contribution in [3.8, 4) is 0 Å². The Morgan fingerprint density at radius 3 is 1.00 bits per heavy atom. The average molecular weight is 270 g/mol. The van der Waals surface area contributed by atoms with Crippen molar-refractivity contribution < 1.29 is 74.9 Å². The smallest absolute Gasteiger partial charge is 2.00 e. The van der Waals surface area contributed by atoms with Crippen LogP contribution in [0.1, 0.15) is 0 Å². The van der Waals surface area contributed by atoms with Crippen LogP contribution in [0.15, 0.2) is 0 Å². The van der Waals surface area contributed by atoms with Crippen molar-refractivity contribution in [2.45, 2.75) is 0 Å². The van der Waals surface area contributed by atoms with E-state index in [1.165, 1.54) is 0 Å². The zero-order valence-electron chi connectivity index (χ0n) is 1.67. The van der Waals surface area contributed by atoms with Crippen LogP contribution in [0.2, 0.25) is 0 Å². The van der Waals surface area contributed by atoms with Crippen LogP contribution in [-0.4, -0.2) is 0 Å². The van der Waals surface area contributed by atoms with E-state index in [0.717, 1.165) is 0 Å². The van der Waals surface area contributed by atoms with Crippen molar-refractivity contribution in [1.29, 1.82) is 0 Å². The molecule has 0 rings (SSSR count). The summed E-state index contributed by atoms with van der Waals surface area (Å²) in [5.74, 6) is 0. The van der Waals surface area contributed by atoms with Crippen LogP contribution in [-0.2, 0) is 39.3 Å². The summed E-state index contributed by atoms with van der Waals surface area (Å²) in [6.45, 7) is 0. The molecule has 0 heterocycles. The summed E-state index contributed by atoms with van der Waals surface area (Å²) in [7, 11) is 0. The fourth-order valence-electron chi connectivity index (χ4n) is 0. The van der Waals surface area contributed by atoms with Gasteiger partial charge in [-0.3, -0.25) is 0 Å². The minimum absolute atomic E-state index is 0. The molecular weight excluding hydrogens is 270 g/mol. The van der Waals surface area contributed by atoms with Crippen molar-refractivity contribution in [3.05, 3.63) is 0 Å². The Morgan fingerprint density at radius 1 is 1.00 bits per heavy atom. The Morgan fingerprint density at radius 2 is 1.00 bits per heavy atom. The second kappa shape index (κ2) is 19.0. The molecule has 0 aliphatic carbocycles. The molecular formula is CoFeLaO+5. The normalized spacial score (nSPS) is 0. The van der Waals surface area contributed by atoms with Gasteiger partial charge in [-0.05, 0) is 0 Å². The fraction of sp³-hybridized carbons (Fsp3) is 0. The summed E-state index contributed by atoms with van der Waals surface area (Å²) in [5, 5.41) is 0. The third-order valence-corrected chi connectivity index (χ3v) is 0. The molecule has 1 radical (unpaired) electrons. The molecule has 0 aromatic heterocycles. The first kappa shape index (κ1) is 34.9. The average Bonchev–Trinajstić information content (AvgIpc) is 0. The quantitative estimate of drug-likeness (QED) is 0.549. The Hall–Kier alpha value is 2.18. The molecule has 0 aliphatic heterocycles. The van der Waals surface area contributed by atoms with Gasteiger partial charge < -0.3 is 5.48 Å². The van der Waals surface area contributed by atoms with Crippen LogP contribution in [0.3, 0.4) is 0 Å². The largest absolute Gasteiger partial charge is 3.00 e. The maximum absolute atomic E-state index is 0.